The first-order valence-electron chi connectivity index (χ1n) is 5.92. The van der Waals surface area contributed by atoms with Crippen LogP contribution in [-0.2, 0) is 17.8 Å². The highest BCUT2D eigenvalue weighted by Crippen LogP contribution is 2.17. The van der Waals surface area contributed by atoms with Gasteiger partial charge in [0, 0.05) is 5.56 Å². The molecule has 0 saturated carbocycles. The molecule has 0 fully saturated rings. The lowest BCUT2D eigenvalue weighted by molar-refractivity contribution is -0.136. The van der Waals surface area contributed by atoms with Crippen LogP contribution < -0.4 is 4.74 Å². The van der Waals surface area contributed by atoms with E-state index in [4.69, 9.17) is 9.84 Å². The fraction of sp³-hybridized carbons (Fsp3) is 0.133. The predicted molar refractivity (Wildman–Crippen MR) is 68.5 cm³/mol. The summed E-state index contributed by atoms with van der Waals surface area (Å²) in [5.41, 5.74) is 0.765. The normalized spacial score (nSPS) is 10.3. The van der Waals surface area contributed by atoms with Crippen LogP contribution >= 0.6 is 0 Å². The maximum Gasteiger partial charge on any atom is 0.307 e. The van der Waals surface area contributed by atoms with Crippen molar-refractivity contribution in [3.8, 4) is 5.75 Å². The van der Waals surface area contributed by atoms with Gasteiger partial charge >= 0.3 is 5.97 Å². The number of aliphatic carboxylic acids is 1. The van der Waals surface area contributed by atoms with Crippen molar-refractivity contribution in [3.05, 3.63) is 65.2 Å². The fourth-order valence-corrected chi connectivity index (χ4v) is 1.70. The fourth-order valence-electron chi connectivity index (χ4n) is 1.70. The van der Waals surface area contributed by atoms with E-state index in [0.717, 1.165) is 6.07 Å². The van der Waals surface area contributed by atoms with Crippen LogP contribution in [0.25, 0.3) is 0 Å². The van der Waals surface area contributed by atoms with E-state index < -0.39 is 17.6 Å². The van der Waals surface area contributed by atoms with E-state index in [2.05, 4.69) is 0 Å². The van der Waals surface area contributed by atoms with Crippen LogP contribution in [0.3, 0.4) is 0 Å². The van der Waals surface area contributed by atoms with Crippen LogP contribution in [0.4, 0.5) is 8.78 Å². The third-order valence-corrected chi connectivity index (χ3v) is 2.70. The van der Waals surface area contributed by atoms with Gasteiger partial charge in [0.1, 0.15) is 12.4 Å². The molecule has 104 valence electrons. The summed E-state index contributed by atoms with van der Waals surface area (Å²) in [6.45, 7) is -0.0954. The predicted octanol–water partition coefficient (Wildman–Crippen LogP) is 3.17. The van der Waals surface area contributed by atoms with Gasteiger partial charge in [0.2, 0.25) is 0 Å². The van der Waals surface area contributed by atoms with Crippen molar-refractivity contribution in [2.45, 2.75) is 13.0 Å². The Morgan fingerprint density at radius 1 is 1.10 bits per heavy atom. The van der Waals surface area contributed by atoms with Gasteiger partial charge in [-0.05, 0) is 23.8 Å². The van der Waals surface area contributed by atoms with Crippen LogP contribution in [0.5, 0.6) is 5.75 Å². The number of carbonyl (C=O) groups is 1. The molecule has 0 aliphatic carbocycles. The summed E-state index contributed by atoms with van der Waals surface area (Å²) in [6, 6.07) is 10.3. The molecule has 2 rings (SSSR count). The third kappa shape index (κ3) is 3.54. The number of hydrogen-bond donors (Lipinski definition) is 1. The first-order valence-corrected chi connectivity index (χ1v) is 5.92. The molecule has 0 aliphatic heterocycles. The molecule has 2 aromatic carbocycles. The Balaban J connectivity index is 2.00. The second-order valence-electron chi connectivity index (χ2n) is 4.22. The quantitative estimate of drug-likeness (QED) is 0.913. The molecule has 0 bridgehead atoms. The van der Waals surface area contributed by atoms with Crippen molar-refractivity contribution in [2.24, 2.45) is 0 Å². The van der Waals surface area contributed by atoms with Gasteiger partial charge in [-0.3, -0.25) is 4.79 Å². The van der Waals surface area contributed by atoms with Crippen molar-refractivity contribution in [1.29, 1.82) is 0 Å². The largest absolute Gasteiger partial charge is 0.489 e. The van der Waals surface area contributed by atoms with Gasteiger partial charge < -0.3 is 9.84 Å². The van der Waals surface area contributed by atoms with E-state index in [-0.39, 0.29) is 18.6 Å². The Labute approximate surface area is 114 Å². The first kappa shape index (κ1) is 14.0. The van der Waals surface area contributed by atoms with Crippen molar-refractivity contribution in [3.63, 3.8) is 0 Å². The second-order valence-corrected chi connectivity index (χ2v) is 4.22. The van der Waals surface area contributed by atoms with E-state index in [1.165, 1.54) is 12.1 Å². The minimum Gasteiger partial charge on any atom is -0.489 e. The Bertz CT molecular complexity index is 609. The molecule has 1 N–H and O–H groups in total. The lowest BCUT2D eigenvalue weighted by Gasteiger charge is -2.08. The van der Waals surface area contributed by atoms with Gasteiger partial charge in [0.05, 0.1) is 6.42 Å². The molecule has 0 aromatic heterocycles. The van der Waals surface area contributed by atoms with Crippen molar-refractivity contribution < 1.29 is 23.4 Å². The summed E-state index contributed by atoms with van der Waals surface area (Å²) in [7, 11) is 0. The Kier molecular flexibility index (Phi) is 4.30. The van der Waals surface area contributed by atoms with Crippen LogP contribution in [-0.4, -0.2) is 11.1 Å². The highest BCUT2D eigenvalue weighted by Gasteiger charge is 2.08. The van der Waals surface area contributed by atoms with Gasteiger partial charge in [-0.1, -0.05) is 24.3 Å². The standard InChI is InChI=1S/C15H12F2O3/c16-13-3-1-2-11(15(13)17)9-20-12-6-4-10(5-7-12)8-14(18)19/h1-7H,8-9H2,(H,18,19). The molecule has 20 heavy (non-hydrogen) atoms. The van der Waals surface area contributed by atoms with Crippen LogP contribution in [0.1, 0.15) is 11.1 Å². The van der Waals surface area contributed by atoms with Crippen molar-refractivity contribution in [1.82, 2.24) is 0 Å². The Morgan fingerprint density at radius 2 is 1.80 bits per heavy atom. The summed E-state index contributed by atoms with van der Waals surface area (Å²) in [4.78, 5) is 10.5. The summed E-state index contributed by atoms with van der Waals surface area (Å²) in [6.07, 6.45) is -0.0706. The van der Waals surface area contributed by atoms with Gasteiger partial charge in [-0.15, -0.1) is 0 Å². The van der Waals surface area contributed by atoms with Crippen molar-refractivity contribution in [2.75, 3.05) is 0 Å². The number of hydrogen-bond acceptors (Lipinski definition) is 2. The molecular formula is C15H12F2O3. The maximum atomic E-state index is 13.4. The van der Waals surface area contributed by atoms with Gasteiger partial charge in [-0.2, -0.15) is 0 Å². The molecule has 0 heterocycles. The number of ether oxygens (including phenoxy) is 1. The smallest absolute Gasteiger partial charge is 0.307 e. The molecule has 3 nitrogen and oxygen atoms in total. The summed E-state index contributed by atoms with van der Waals surface area (Å²) in [5.74, 6) is -2.29. The molecule has 0 aliphatic rings. The average molecular weight is 278 g/mol. The SMILES string of the molecule is O=C(O)Cc1ccc(OCc2cccc(F)c2F)cc1. The van der Waals surface area contributed by atoms with Crippen LogP contribution in [0.2, 0.25) is 0 Å². The topological polar surface area (TPSA) is 46.5 Å². The van der Waals surface area contributed by atoms with E-state index in [1.54, 1.807) is 24.3 Å². The molecule has 0 saturated heterocycles. The molecule has 0 spiro atoms. The zero-order valence-electron chi connectivity index (χ0n) is 10.5. The number of carboxylic acids is 1. The monoisotopic (exact) mass is 278 g/mol. The zero-order chi connectivity index (χ0) is 14.5. The summed E-state index contributed by atoms with van der Waals surface area (Å²) >= 11 is 0. The van der Waals surface area contributed by atoms with Crippen molar-refractivity contribution >= 4 is 5.97 Å². The second kappa shape index (κ2) is 6.14. The first-order chi connectivity index (χ1) is 9.56. The summed E-state index contributed by atoms with van der Waals surface area (Å²) in [5, 5.41) is 8.64. The molecule has 2 aromatic rings. The van der Waals surface area contributed by atoms with E-state index in [9.17, 15) is 13.6 Å². The van der Waals surface area contributed by atoms with Gasteiger partial charge in [0.15, 0.2) is 11.6 Å². The minimum atomic E-state index is -0.921. The van der Waals surface area contributed by atoms with E-state index in [0.29, 0.717) is 11.3 Å². The average Bonchev–Trinajstić information content (AvgIpc) is 2.41. The van der Waals surface area contributed by atoms with Crippen LogP contribution in [0, 0.1) is 11.6 Å². The molecule has 0 radical (unpaired) electrons. The lowest BCUT2D eigenvalue weighted by atomic mass is 10.1. The maximum absolute atomic E-state index is 13.4. The highest BCUT2D eigenvalue weighted by molar-refractivity contribution is 5.70. The molecular weight excluding hydrogens is 266 g/mol. The number of benzene rings is 2. The Hall–Kier alpha value is -2.43. The van der Waals surface area contributed by atoms with Crippen LogP contribution in [0.15, 0.2) is 42.5 Å². The minimum absolute atomic E-state index is 0.0706. The third-order valence-electron chi connectivity index (χ3n) is 2.70. The number of carboxylic acid groups (broad SMARTS) is 1. The molecule has 0 atom stereocenters. The van der Waals surface area contributed by atoms with Gasteiger partial charge in [-0.25, -0.2) is 8.78 Å². The van der Waals surface area contributed by atoms with Gasteiger partial charge in [0.25, 0.3) is 0 Å². The van der Waals surface area contributed by atoms with E-state index >= 15 is 0 Å². The number of halogens is 2. The highest BCUT2D eigenvalue weighted by atomic mass is 19.2. The van der Waals surface area contributed by atoms with E-state index in [1.807, 2.05) is 0 Å². The molecule has 0 amide bonds. The lowest BCUT2D eigenvalue weighted by Crippen LogP contribution is -2.01. The molecule has 0 unspecified atom stereocenters. The summed E-state index contributed by atoms with van der Waals surface area (Å²) < 4.78 is 31.7. The molecule has 5 heteroatoms. The number of rotatable bonds is 5. The Morgan fingerprint density at radius 3 is 2.45 bits per heavy atom. The zero-order valence-corrected chi connectivity index (χ0v) is 10.5.